The van der Waals surface area contributed by atoms with Crippen molar-refractivity contribution in [3.8, 4) is 0 Å². The molecule has 0 aromatic carbocycles. The van der Waals surface area contributed by atoms with Crippen molar-refractivity contribution in [1.29, 1.82) is 0 Å². The zero-order chi connectivity index (χ0) is 17.2. The van der Waals surface area contributed by atoms with E-state index < -0.39 is 0 Å². The summed E-state index contributed by atoms with van der Waals surface area (Å²) >= 11 is 0. The van der Waals surface area contributed by atoms with Crippen molar-refractivity contribution >= 4 is 0 Å². The molecule has 3 heterocycles. The predicted molar refractivity (Wildman–Crippen MR) is 93.9 cm³/mol. The number of hydrogen-bond donors (Lipinski definition) is 1. The molecule has 1 aliphatic heterocycles. The summed E-state index contributed by atoms with van der Waals surface area (Å²) in [4.78, 5) is 2.48. The highest BCUT2D eigenvalue weighted by molar-refractivity contribution is 5.07. The lowest BCUT2D eigenvalue weighted by molar-refractivity contribution is 0.0542. The minimum atomic E-state index is 0.422. The van der Waals surface area contributed by atoms with E-state index in [0.717, 1.165) is 61.6 Å². The van der Waals surface area contributed by atoms with Crippen molar-refractivity contribution in [3.63, 3.8) is 0 Å². The molecule has 0 bridgehead atoms. The van der Waals surface area contributed by atoms with E-state index in [1.807, 2.05) is 6.92 Å². The Balaban J connectivity index is 1.37. The third kappa shape index (κ3) is 3.77. The van der Waals surface area contributed by atoms with Crippen LogP contribution in [-0.4, -0.2) is 49.1 Å². The lowest BCUT2D eigenvalue weighted by Gasteiger charge is -2.25. The van der Waals surface area contributed by atoms with Crippen molar-refractivity contribution in [2.24, 2.45) is 5.92 Å². The molecule has 1 N–H and O–H groups in total. The van der Waals surface area contributed by atoms with Crippen molar-refractivity contribution in [2.45, 2.75) is 65.3 Å². The van der Waals surface area contributed by atoms with Crippen LogP contribution in [-0.2, 0) is 30.9 Å². The Hall–Kier alpha value is -1.73. The van der Waals surface area contributed by atoms with E-state index in [4.69, 9.17) is 4.74 Å². The van der Waals surface area contributed by atoms with E-state index in [0.29, 0.717) is 12.6 Å². The Morgan fingerprint density at radius 3 is 2.88 bits per heavy atom. The molecule has 4 rings (SSSR count). The number of nitrogens with zero attached hydrogens (tertiary/aromatic N) is 5. The smallest absolute Gasteiger partial charge is 0.159 e. The maximum absolute atomic E-state index is 5.89. The molecule has 2 aliphatic rings. The predicted octanol–water partition coefficient (Wildman–Crippen LogP) is 2.07. The van der Waals surface area contributed by atoms with Crippen LogP contribution in [0.1, 0.15) is 49.2 Å². The second-order valence-electron chi connectivity index (χ2n) is 7.56. The van der Waals surface area contributed by atoms with Crippen LogP contribution < -0.4 is 0 Å². The van der Waals surface area contributed by atoms with Gasteiger partial charge in [-0.3, -0.25) is 10.00 Å². The molecular weight excluding hydrogens is 316 g/mol. The highest BCUT2D eigenvalue weighted by Gasteiger charge is 2.25. The van der Waals surface area contributed by atoms with Gasteiger partial charge in [-0.25, -0.2) is 0 Å². The number of hydrogen-bond acceptors (Lipinski definition) is 5. The average molecular weight is 344 g/mol. The maximum Gasteiger partial charge on any atom is 0.159 e. The van der Waals surface area contributed by atoms with E-state index in [-0.39, 0.29) is 0 Å². The quantitative estimate of drug-likeness (QED) is 0.868. The third-order valence-electron chi connectivity index (χ3n) is 5.55. The summed E-state index contributed by atoms with van der Waals surface area (Å²) < 4.78 is 8.15. The second-order valence-corrected chi connectivity index (χ2v) is 7.56. The number of nitrogens with one attached hydrogen (secondary N) is 1. The van der Waals surface area contributed by atoms with Crippen molar-refractivity contribution in [3.05, 3.63) is 29.1 Å². The van der Waals surface area contributed by atoms with Crippen molar-refractivity contribution in [2.75, 3.05) is 13.2 Å². The molecule has 0 saturated heterocycles. The molecule has 2 aromatic heterocycles. The summed E-state index contributed by atoms with van der Waals surface area (Å²) in [7, 11) is 0. The number of fused-ring (bicyclic) bond motifs is 1. The SMILES string of the molecule is Cc1cc(CN2CCn3c(COCC4CCC4)nnc3C[C@@H]2C)n[nH]1. The summed E-state index contributed by atoms with van der Waals surface area (Å²) in [5.41, 5.74) is 2.21. The minimum absolute atomic E-state index is 0.422. The summed E-state index contributed by atoms with van der Waals surface area (Å²) in [5, 5.41) is 16.2. The standard InChI is InChI=1S/C18H28N6O/c1-13-8-16(20-19-13)10-23-6-7-24-17(9-14(23)2)21-22-18(24)12-25-11-15-4-3-5-15/h8,14-15H,3-7,9-12H2,1-2H3,(H,19,20)/t14-/m0/s1. The normalized spacial score (nSPS) is 21.8. The van der Waals surface area contributed by atoms with Crippen LogP contribution in [0.15, 0.2) is 6.07 Å². The minimum Gasteiger partial charge on any atom is -0.373 e. The van der Waals surface area contributed by atoms with Gasteiger partial charge in [0.15, 0.2) is 5.82 Å². The van der Waals surface area contributed by atoms with Crippen molar-refractivity contribution < 1.29 is 4.74 Å². The van der Waals surface area contributed by atoms with Crippen LogP contribution in [0.25, 0.3) is 0 Å². The van der Waals surface area contributed by atoms with Gasteiger partial charge in [0, 0.05) is 44.4 Å². The van der Waals surface area contributed by atoms with E-state index in [1.165, 1.54) is 19.3 Å². The molecule has 0 amide bonds. The summed E-state index contributed by atoms with van der Waals surface area (Å²) in [6.07, 6.45) is 4.91. The topological polar surface area (TPSA) is 71.9 Å². The Morgan fingerprint density at radius 2 is 2.16 bits per heavy atom. The Labute approximate surface area is 148 Å². The third-order valence-corrected chi connectivity index (χ3v) is 5.55. The van der Waals surface area contributed by atoms with Crippen LogP contribution in [0.4, 0.5) is 0 Å². The van der Waals surface area contributed by atoms with Crippen LogP contribution in [0.3, 0.4) is 0 Å². The fourth-order valence-corrected chi connectivity index (χ4v) is 3.71. The van der Waals surface area contributed by atoms with Crippen LogP contribution in [0.5, 0.6) is 0 Å². The fraction of sp³-hybridized carbons (Fsp3) is 0.722. The number of ether oxygens (including phenoxy) is 1. The monoisotopic (exact) mass is 344 g/mol. The zero-order valence-corrected chi connectivity index (χ0v) is 15.2. The van der Waals surface area contributed by atoms with E-state index in [2.05, 4.69) is 42.9 Å². The zero-order valence-electron chi connectivity index (χ0n) is 15.2. The van der Waals surface area contributed by atoms with Gasteiger partial charge in [-0.15, -0.1) is 10.2 Å². The Morgan fingerprint density at radius 1 is 1.28 bits per heavy atom. The highest BCUT2D eigenvalue weighted by Crippen LogP contribution is 2.26. The van der Waals surface area contributed by atoms with Gasteiger partial charge in [0.1, 0.15) is 12.4 Å². The van der Waals surface area contributed by atoms with Crippen LogP contribution in [0.2, 0.25) is 0 Å². The molecular formula is C18H28N6O. The first-order chi connectivity index (χ1) is 12.2. The van der Waals surface area contributed by atoms with Crippen molar-refractivity contribution in [1.82, 2.24) is 29.9 Å². The number of rotatable bonds is 6. The molecule has 0 radical (unpaired) electrons. The second kappa shape index (κ2) is 7.25. The molecule has 1 saturated carbocycles. The van der Waals surface area contributed by atoms with Gasteiger partial charge in [-0.1, -0.05) is 6.42 Å². The lowest BCUT2D eigenvalue weighted by Crippen LogP contribution is -2.34. The number of aromatic amines is 1. The molecule has 7 nitrogen and oxygen atoms in total. The maximum atomic E-state index is 5.89. The number of aryl methyl sites for hydroxylation is 1. The van der Waals surface area contributed by atoms with Gasteiger partial charge in [-0.05, 0) is 38.7 Å². The lowest BCUT2D eigenvalue weighted by atomic mass is 9.86. The molecule has 25 heavy (non-hydrogen) atoms. The average Bonchev–Trinajstić information content (AvgIpc) is 3.08. The molecule has 1 atom stereocenters. The van der Waals surface area contributed by atoms with Crippen LogP contribution >= 0.6 is 0 Å². The largest absolute Gasteiger partial charge is 0.373 e. The molecule has 1 fully saturated rings. The molecule has 2 aromatic rings. The number of H-pyrrole nitrogens is 1. The Bertz CT molecular complexity index is 704. The summed E-state index contributed by atoms with van der Waals surface area (Å²) in [6, 6.07) is 2.54. The first-order valence-electron chi connectivity index (χ1n) is 9.42. The first-order valence-corrected chi connectivity index (χ1v) is 9.42. The molecule has 136 valence electrons. The van der Waals surface area contributed by atoms with Gasteiger partial charge in [-0.2, -0.15) is 5.10 Å². The van der Waals surface area contributed by atoms with Gasteiger partial charge in [0.05, 0.1) is 5.69 Å². The van der Waals surface area contributed by atoms with Crippen LogP contribution in [0, 0.1) is 12.8 Å². The van der Waals surface area contributed by atoms with Gasteiger partial charge < -0.3 is 9.30 Å². The first kappa shape index (κ1) is 16.7. The van der Waals surface area contributed by atoms with E-state index in [9.17, 15) is 0 Å². The van der Waals surface area contributed by atoms with Gasteiger partial charge >= 0.3 is 0 Å². The summed E-state index contributed by atoms with van der Waals surface area (Å²) in [6.45, 7) is 8.51. The van der Waals surface area contributed by atoms with E-state index >= 15 is 0 Å². The molecule has 1 aliphatic carbocycles. The fourth-order valence-electron chi connectivity index (χ4n) is 3.71. The molecule has 0 spiro atoms. The highest BCUT2D eigenvalue weighted by atomic mass is 16.5. The Kier molecular flexibility index (Phi) is 4.85. The molecule has 7 heteroatoms. The number of aromatic nitrogens is 5. The molecule has 0 unspecified atom stereocenters. The van der Waals surface area contributed by atoms with Gasteiger partial charge in [0.2, 0.25) is 0 Å². The van der Waals surface area contributed by atoms with Gasteiger partial charge in [0.25, 0.3) is 0 Å². The summed E-state index contributed by atoms with van der Waals surface area (Å²) in [5.74, 6) is 2.81. The van der Waals surface area contributed by atoms with E-state index in [1.54, 1.807) is 0 Å².